The highest BCUT2D eigenvalue weighted by atomic mass is 35.5. The molecule has 0 N–H and O–H groups in total. The van der Waals surface area contributed by atoms with Gasteiger partial charge >= 0.3 is 0 Å². The lowest BCUT2D eigenvalue weighted by Gasteiger charge is -2.14. The van der Waals surface area contributed by atoms with Gasteiger partial charge in [0.05, 0.1) is 0 Å². The Kier molecular flexibility index (Phi) is 6.87. The van der Waals surface area contributed by atoms with Crippen molar-refractivity contribution in [1.82, 2.24) is 0 Å². The van der Waals surface area contributed by atoms with Crippen molar-refractivity contribution in [3.05, 3.63) is 41.8 Å². The third-order valence-electron chi connectivity index (χ3n) is 2.41. The minimum absolute atomic E-state index is 0.713. The van der Waals surface area contributed by atoms with Crippen LogP contribution < -0.4 is 0 Å². The number of alkyl halides is 2. The Morgan fingerprint density at radius 1 is 0.933 bits per heavy atom. The molecule has 15 heavy (non-hydrogen) atoms. The van der Waals surface area contributed by atoms with Crippen molar-refractivity contribution in [2.24, 2.45) is 0 Å². The van der Waals surface area contributed by atoms with E-state index in [9.17, 15) is 0 Å². The molecule has 0 saturated heterocycles. The van der Waals surface area contributed by atoms with Gasteiger partial charge in [-0.15, -0.1) is 23.2 Å². The Balaban J connectivity index is 2.43. The second-order valence-corrected chi connectivity index (χ2v) is 4.40. The topological polar surface area (TPSA) is 0 Å². The summed E-state index contributed by atoms with van der Waals surface area (Å²) in [5.41, 5.74) is 1.37. The molecule has 0 fully saturated rings. The predicted octanol–water partition coefficient (Wildman–Crippen LogP) is 4.45. The number of halogens is 2. The Morgan fingerprint density at radius 3 is 2.27 bits per heavy atom. The molecule has 1 aromatic carbocycles. The fourth-order valence-electron chi connectivity index (χ4n) is 1.64. The fraction of sp³-hybridized carbons (Fsp3) is 0.462. The summed E-state index contributed by atoms with van der Waals surface area (Å²) in [6, 6.07) is 10.5. The lowest BCUT2D eigenvalue weighted by atomic mass is 9.93. The van der Waals surface area contributed by atoms with Gasteiger partial charge in [0.2, 0.25) is 0 Å². The predicted molar refractivity (Wildman–Crippen MR) is 68.7 cm³/mol. The first-order chi connectivity index (χ1) is 7.36. The highest BCUT2D eigenvalue weighted by molar-refractivity contribution is 6.18. The molecule has 0 nitrogen and oxygen atoms in total. The van der Waals surface area contributed by atoms with E-state index >= 15 is 0 Å². The van der Waals surface area contributed by atoms with Crippen LogP contribution in [0.5, 0.6) is 0 Å². The molecule has 1 rings (SSSR count). The van der Waals surface area contributed by atoms with Crippen LogP contribution in [0, 0.1) is 5.92 Å². The van der Waals surface area contributed by atoms with Crippen LogP contribution in [0.15, 0.2) is 30.3 Å². The maximum absolute atomic E-state index is 5.79. The van der Waals surface area contributed by atoms with Gasteiger partial charge in [-0.3, -0.25) is 0 Å². The standard InChI is InChI=1S/C13H17Cl2/c14-9-4-7-13(8-10-15)11-12-5-2-1-3-6-12/h1-3,5-6H,4,7-11H2. The molecule has 0 bridgehead atoms. The molecule has 0 unspecified atom stereocenters. The lowest BCUT2D eigenvalue weighted by molar-refractivity contribution is 0.706. The molecule has 2 heteroatoms. The summed E-state index contributed by atoms with van der Waals surface area (Å²) < 4.78 is 0. The van der Waals surface area contributed by atoms with Crippen LogP contribution in [0.2, 0.25) is 0 Å². The third-order valence-corrected chi connectivity index (χ3v) is 2.87. The zero-order valence-electron chi connectivity index (χ0n) is 8.89. The highest BCUT2D eigenvalue weighted by Gasteiger charge is 2.09. The third kappa shape index (κ3) is 5.44. The number of rotatable bonds is 7. The molecular weight excluding hydrogens is 227 g/mol. The molecule has 0 aliphatic rings. The molecule has 83 valence electrons. The quantitative estimate of drug-likeness (QED) is 0.621. The van der Waals surface area contributed by atoms with Crippen molar-refractivity contribution >= 4 is 23.2 Å². The summed E-state index contributed by atoms with van der Waals surface area (Å²) in [4.78, 5) is 0. The number of hydrogen-bond donors (Lipinski definition) is 0. The Labute approximate surface area is 103 Å². The zero-order valence-corrected chi connectivity index (χ0v) is 10.4. The normalized spacial score (nSPS) is 10.9. The van der Waals surface area contributed by atoms with Crippen LogP contribution in [-0.4, -0.2) is 11.8 Å². The van der Waals surface area contributed by atoms with E-state index in [1.54, 1.807) is 0 Å². The summed E-state index contributed by atoms with van der Waals surface area (Å²) >= 11 is 11.5. The van der Waals surface area contributed by atoms with Crippen LogP contribution in [0.25, 0.3) is 0 Å². The average Bonchev–Trinajstić information content (AvgIpc) is 2.28. The summed E-state index contributed by atoms with van der Waals surface area (Å²) in [5.74, 6) is 2.96. The Morgan fingerprint density at radius 2 is 1.67 bits per heavy atom. The van der Waals surface area contributed by atoms with Gasteiger partial charge in [0.25, 0.3) is 0 Å². The second kappa shape index (κ2) is 8.01. The van der Waals surface area contributed by atoms with Crippen molar-refractivity contribution in [1.29, 1.82) is 0 Å². The van der Waals surface area contributed by atoms with E-state index in [0.29, 0.717) is 5.88 Å². The molecule has 0 atom stereocenters. The molecular formula is C13H17Cl2. The molecule has 0 aliphatic heterocycles. The van der Waals surface area contributed by atoms with Gasteiger partial charge in [-0.25, -0.2) is 0 Å². The largest absolute Gasteiger partial charge is 0.127 e. The SMILES string of the molecule is ClCCC[C](CCCl)Cc1ccccc1. The van der Waals surface area contributed by atoms with Crippen molar-refractivity contribution in [3.8, 4) is 0 Å². The number of benzene rings is 1. The molecule has 0 aliphatic carbocycles. The van der Waals surface area contributed by atoms with Crippen LogP contribution in [0.3, 0.4) is 0 Å². The van der Waals surface area contributed by atoms with Gasteiger partial charge in [0, 0.05) is 11.8 Å². The summed E-state index contributed by atoms with van der Waals surface area (Å²) in [6.45, 7) is 0. The van der Waals surface area contributed by atoms with Crippen molar-refractivity contribution in [2.45, 2.75) is 25.7 Å². The van der Waals surface area contributed by atoms with Crippen molar-refractivity contribution < 1.29 is 0 Å². The molecule has 0 saturated carbocycles. The molecule has 0 aromatic heterocycles. The molecule has 0 amide bonds. The smallest absolute Gasteiger partial charge is 0.0229 e. The van der Waals surface area contributed by atoms with Gasteiger partial charge in [-0.1, -0.05) is 30.3 Å². The van der Waals surface area contributed by atoms with E-state index < -0.39 is 0 Å². The number of hydrogen-bond acceptors (Lipinski definition) is 0. The van der Waals surface area contributed by atoms with Crippen LogP contribution in [-0.2, 0) is 6.42 Å². The summed E-state index contributed by atoms with van der Waals surface area (Å²) in [7, 11) is 0. The Bertz CT molecular complexity index is 246. The summed E-state index contributed by atoms with van der Waals surface area (Å²) in [6.07, 6.45) is 4.21. The monoisotopic (exact) mass is 243 g/mol. The van der Waals surface area contributed by atoms with Crippen LogP contribution in [0.1, 0.15) is 24.8 Å². The minimum Gasteiger partial charge on any atom is -0.127 e. The highest BCUT2D eigenvalue weighted by Crippen LogP contribution is 2.20. The lowest BCUT2D eigenvalue weighted by Crippen LogP contribution is -2.03. The van der Waals surface area contributed by atoms with Gasteiger partial charge in [-0.2, -0.15) is 0 Å². The first-order valence-corrected chi connectivity index (χ1v) is 6.43. The van der Waals surface area contributed by atoms with E-state index in [1.807, 2.05) is 6.07 Å². The van der Waals surface area contributed by atoms with E-state index in [0.717, 1.165) is 31.6 Å². The van der Waals surface area contributed by atoms with E-state index in [1.165, 1.54) is 11.5 Å². The molecule has 1 radical (unpaired) electrons. The van der Waals surface area contributed by atoms with Crippen molar-refractivity contribution in [2.75, 3.05) is 11.8 Å². The molecule has 1 aromatic rings. The van der Waals surface area contributed by atoms with Crippen molar-refractivity contribution in [3.63, 3.8) is 0 Å². The van der Waals surface area contributed by atoms with E-state index in [2.05, 4.69) is 24.3 Å². The van der Waals surface area contributed by atoms with Crippen LogP contribution >= 0.6 is 23.2 Å². The fourth-order valence-corrected chi connectivity index (χ4v) is 2.04. The maximum Gasteiger partial charge on any atom is 0.0229 e. The second-order valence-electron chi connectivity index (χ2n) is 3.64. The first-order valence-electron chi connectivity index (χ1n) is 5.36. The van der Waals surface area contributed by atoms with Gasteiger partial charge in [0.15, 0.2) is 0 Å². The first kappa shape index (κ1) is 12.9. The van der Waals surface area contributed by atoms with Gasteiger partial charge < -0.3 is 0 Å². The average molecular weight is 244 g/mol. The minimum atomic E-state index is 0.713. The van der Waals surface area contributed by atoms with Crippen LogP contribution in [0.4, 0.5) is 0 Å². The maximum atomic E-state index is 5.79. The van der Waals surface area contributed by atoms with Gasteiger partial charge in [-0.05, 0) is 37.2 Å². The zero-order chi connectivity index (χ0) is 10.9. The Hall–Kier alpha value is -0.200. The molecule has 0 spiro atoms. The van der Waals surface area contributed by atoms with E-state index in [-0.39, 0.29) is 0 Å². The summed E-state index contributed by atoms with van der Waals surface area (Å²) in [5, 5.41) is 0. The van der Waals surface area contributed by atoms with E-state index in [4.69, 9.17) is 23.2 Å². The van der Waals surface area contributed by atoms with Gasteiger partial charge in [0.1, 0.15) is 0 Å². The molecule has 0 heterocycles.